The quantitative estimate of drug-likeness (QED) is 0.398. The molecule has 0 atom stereocenters. The fourth-order valence-corrected chi connectivity index (χ4v) is 4.29. The lowest BCUT2D eigenvalue weighted by Crippen LogP contribution is -2.30. The monoisotopic (exact) mass is 438 g/mol. The second-order valence-corrected chi connectivity index (χ2v) is 6.62. The average molecular weight is 440 g/mol. The van der Waals surface area contributed by atoms with Crippen LogP contribution in [-0.2, 0) is 0 Å². The Kier molecular flexibility index (Phi) is 3.81. The zero-order valence-corrected chi connectivity index (χ0v) is 14.8. The molecule has 0 N–H and O–H groups in total. The minimum Gasteiger partial charge on any atom is -0.268 e. The molecule has 0 aliphatic carbocycles. The van der Waals surface area contributed by atoms with E-state index in [-0.39, 0.29) is 32.5 Å². The summed E-state index contributed by atoms with van der Waals surface area (Å²) in [5.74, 6) is -0.989. The van der Waals surface area contributed by atoms with E-state index in [1.54, 1.807) is 24.3 Å². The van der Waals surface area contributed by atoms with E-state index in [2.05, 4.69) is 31.9 Å². The summed E-state index contributed by atoms with van der Waals surface area (Å²) in [7, 11) is 0. The Bertz CT molecular complexity index is 860. The number of nitro groups is 1. The largest absolute Gasteiger partial charge is 0.288 e. The van der Waals surface area contributed by atoms with Crippen molar-refractivity contribution in [3.63, 3.8) is 0 Å². The first kappa shape index (κ1) is 15.8. The van der Waals surface area contributed by atoms with Crippen molar-refractivity contribution < 1.29 is 14.5 Å². The third kappa shape index (κ3) is 2.29. The Labute approximate surface area is 147 Å². The summed E-state index contributed by atoms with van der Waals surface area (Å²) in [6.45, 7) is 1.51. The molecule has 2 aromatic rings. The van der Waals surface area contributed by atoms with Crippen molar-refractivity contribution in [1.29, 1.82) is 0 Å². The van der Waals surface area contributed by atoms with Gasteiger partial charge < -0.3 is 0 Å². The molecule has 0 aromatic heterocycles. The van der Waals surface area contributed by atoms with E-state index in [1.807, 2.05) is 0 Å². The topological polar surface area (TPSA) is 80.5 Å². The van der Waals surface area contributed by atoms with Crippen LogP contribution in [0.4, 0.5) is 11.4 Å². The molecule has 1 aliphatic rings. The number of hydrogen-bond acceptors (Lipinski definition) is 4. The van der Waals surface area contributed by atoms with Crippen molar-refractivity contribution in [2.75, 3.05) is 4.90 Å². The van der Waals surface area contributed by atoms with Crippen molar-refractivity contribution in [1.82, 2.24) is 0 Å². The maximum atomic E-state index is 12.6. The zero-order valence-electron chi connectivity index (χ0n) is 11.7. The minimum atomic E-state index is -0.548. The normalized spacial score (nSPS) is 13.4. The predicted molar refractivity (Wildman–Crippen MR) is 90.8 cm³/mol. The first-order valence-corrected chi connectivity index (χ1v) is 8.04. The van der Waals surface area contributed by atoms with Crippen molar-refractivity contribution >= 4 is 55.0 Å². The SMILES string of the molecule is Cc1c(N2C(=O)c3ccccc3C2=O)c(Br)cc(Br)c1[N+](=O)[O-]. The van der Waals surface area contributed by atoms with Crippen LogP contribution < -0.4 is 4.90 Å². The summed E-state index contributed by atoms with van der Waals surface area (Å²) < 4.78 is 0.689. The summed E-state index contributed by atoms with van der Waals surface area (Å²) in [6, 6.07) is 7.92. The second kappa shape index (κ2) is 5.54. The predicted octanol–water partition coefficient (Wildman–Crippen LogP) is 4.23. The Balaban J connectivity index is 2.25. The van der Waals surface area contributed by atoms with Gasteiger partial charge in [-0.05, 0) is 57.0 Å². The number of anilines is 1. The highest BCUT2D eigenvalue weighted by atomic mass is 79.9. The Morgan fingerprint density at radius 3 is 2.04 bits per heavy atom. The van der Waals surface area contributed by atoms with Crippen LogP contribution in [0.2, 0.25) is 0 Å². The lowest BCUT2D eigenvalue weighted by atomic mass is 10.1. The van der Waals surface area contributed by atoms with Crippen LogP contribution in [0.5, 0.6) is 0 Å². The number of carbonyl (C=O) groups is 2. The van der Waals surface area contributed by atoms with Gasteiger partial charge in [-0.2, -0.15) is 0 Å². The molecule has 0 unspecified atom stereocenters. The van der Waals surface area contributed by atoms with Crippen LogP contribution in [0.1, 0.15) is 26.3 Å². The molecule has 23 heavy (non-hydrogen) atoms. The fourth-order valence-electron chi connectivity index (χ4n) is 2.61. The minimum absolute atomic E-state index is 0.181. The van der Waals surface area contributed by atoms with Gasteiger partial charge in [0.15, 0.2) is 0 Å². The average Bonchev–Trinajstić information content (AvgIpc) is 2.72. The lowest BCUT2D eigenvalue weighted by Gasteiger charge is -2.19. The highest BCUT2D eigenvalue weighted by molar-refractivity contribution is 9.11. The molecule has 116 valence electrons. The first-order chi connectivity index (χ1) is 10.8. The van der Waals surface area contributed by atoms with Gasteiger partial charge in [0.2, 0.25) is 0 Å². The molecule has 0 spiro atoms. The number of hydrogen-bond donors (Lipinski definition) is 0. The molecule has 0 saturated carbocycles. The molecule has 1 heterocycles. The van der Waals surface area contributed by atoms with Crippen LogP contribution in [-0.4, -0.2) is 16.7 Å². The Morgan fingerprint density at radius 2 is 1.57 bits per heavy atom. The van der Waals surface area contributed by atoms with Crippen molar-refractivity contribution in [2.24, 2.45) is 0 Å². The number of carbonyl (C=O) groups excluding carboxylic acids is 2. The molecular weight excluding hydrogens is 432 g/mol. The number of halogens is 2. The van der Waals surface area contributed by atoms with Crippen molar-refractivity contribution in [2.45, 2.75) is 6.92 Å². The molecule has 0 bridgehead atoms. The van der Waals surface area contributed by atoms with Crippen molar-refractivity contribution in [3.05, 3.63) is 66.1 Å². The van der Waals surface area contributed by atoms with Gasteiger partial charge in [-0.25, -0.2) is 4.90 Å². The Morgan fingerprint density at radius 1 is 1.04 bits per heavy atom. The molecule has 2 aromatic carbocycles. The van der Waals surface area contributed by atoms with E-state index in [1.165, 1.54) is 13.0 Å². The summed E-state index contributed by atoms with van der Waals surface area (Å²) >= 11 is 6.43. The fraction of sp³-hybridized carbons (Fsp3) is 0.0667. The van der Waals surface area contributed by atoms with Crippen molar-refractivity contribution in [3.8, 4) is 0 Å². The number of nitrogens with zero attached hydrogens (tertiary/aromatic N) is 2. The highest BCUT2D eigenvalue weighted by Crippen LogP contribution is 2.43. The molecule has 3 rings (SSSR count). The van der Waals surface area contributed by atoms with Crippen LogP contribution >= 0.6 is 31.9 Å². The van der Waals surface area contributed by atoms with Crippen LogP contribution in [0.15, 0.2) is 39.3 Å². The summed E-state index contributed by atoms with van der Waals surface area (Å²) in [5.41, 5.74) is 0.806. The van der Waals surface area contributed by atoms with Gasteiger partial charge in [0, 0.05) is 4.47 Å². The van der Waals surface area contributed by atoms with Gasteiger partial charge in [-0.1, -0.05) is 12.1 Å². The maximum Gasteiger partial charge on any atom is 0.288 e. The van der Waals surface area contributed by atoms with Gasteiger partial charge in [-0.15, -0.1) is 0 Å². The third-order valence-corrected chi connectivity index (χ3v) is 4.83. The summed E-state index contributed by atoms with van der Waals surface area (Å²) in [4.78, 5) is 36.9. The summed E-state index contributed by atoms with van der Waals surface area (Å²) in [6.07, 6.45) is 0. The molecule has 0 radical (unpaired) electrons. The zero-order chi connectivity index (χ0) is 16.9. The maximum absolute atomic E-state index is 12.6. The van der Waals surface area contributed by atoms with Gasteiger partial charge in [0.05, 0.1) is 31.8 Å². The number of nitro benzene ring substituents is 1. The van der Waals surface area contributed by atoms with E-state index in [9.17, 15) is 19.7 Å². The van der Waals surface area contributed by atoms with E-state index in [0.29, 0.717) is 4.47 Å². The third-order valence-electron chi connectivity index (χ3n) is 3.62. The van der Waals surface area contributed by atoms with E-state index in [4.69, 9.17) is 0 Å². The molecule has 1 aliphatic heterocycles. The molecular formula is C15H8Br2N2O4. The standard InChI is InChI=1S/C15H8Br2N2O4/c1-7-12(10(16)6-11(17)13(7)19(22)23)18-14(20)8-4-2-3-5-9(8)15(18)21/h2-6H,1H3. The number of rotatable bonds is 2. The number of imide groups is 1. The number of amides is 2. The molecule has 2 amide bonds. The number of fused-ring (bicyclic) bond motifs is 1. The van der Waals surface area contributed by atoms with Gasteiger partial charge in [-0.3, -0.25) is 19.7 Å². The van der Waals surface area contributed by atoms with Crippen LogP contribution in [0, 0.1) is 17.0 Å². The summed E-state index contributed by atoms with van der Waals surface area (Å²) in [5, 5.41) is 11.3. The van der Waals surface area contributed by atoms with Gasteiger partial charge in [0.1, 0.15) is 0 Å². The van der Waals surface area contributed by atoms with E-state index >= 15 is 0 Å². The van der Waals surface area contributed by atoms with E-state index in [0.717, 1.165) is 4.90 Å². The molecule has 8 heteroatoms. The van der Waals surface area contributed by atoms with Gasteiger partial charge in [0.25, 0.3) is 17.5 Å². The number of benzene rings is 2. The highest BCUT2D eigenvalue weighted by Gasteiger charge is 2.39. The van der Waals surface area contributed by atoms with E-state index < -0.39 is 16.7 Å². The second-order valence-electron chi connectivity index (χ2n) is 4.91. The van der Waals surface area contributed by atoms with Gasteiger partial charge >= 0.3 is 0 Å². The lowest BCUT2D eigenvalue weighted by molar-refractivity contribution is -0.386. The Hall–Kier alpha value is -2.06. The smallest absolute Gasteiger partial charge is 0.268 e. The van der Waals surface area contributed by atoms with Crippen LogP contribution in [0.25, 0.3) is 0 Å². The first-order valence-electron chi connectivity index (χ1n) is 6.45. The van der Waals surface area contributed by atoms with Crippen LogP contribution in [0.3, 0.4) is 0 Å². The molecule has 0 saturated heterocycles. The molecule has 0 fully saturated rings. The molecule has 6 nitrogen and oxygen atoms in total.